The SMILES string of the molecule is CCCc1c(OCCCOc2ccc(CC(=O)O)cc2)ccc2c(-c3ccccc3)coc12. The number of carbonyl (C=O) groups is 1. The third-order valence-corrected chi connectivity index (χ3v) is 5.48. The molecule has 3 aromatic carbocycles. The smallest absolute Gasteiger partial charge is 0.307 e. The molecule has 5 nitrogen and oxygen atoms in total. The van der Waals surface area contributed by atoms with E-state index in [2.05, 4.69) is 25.1 Å². The summed E-state index contributed by atoms with van der Waals surface area (Å²) in [5, 5.41) is 9.95. The Kier molecular flexibility index (Phi) is 7.30. The second kappa shape index (κ2) is 10.7. The summed E-state index contributed by atoms with van der Waals surface area (Å²) in [5.74, 6) is 0.741. The largest absolute Gasteiger partial charge is 0.493 e. The molecule has 0 aliphatic rings. The lowest BCUT2D eigenvalue weighted by atomic mass is 10.0. The minimum absolute atomic E-state index is 0.0149. The molecule has 1 aromatic heterocycles. The lowest BCUT2D eigenvalue weighted by Crippen LogP contribution is -2.06. The standard InChI is InChI=1S/C28H28O5/c1-2-7-24-26(15-14-23-25(19-33-28(23)24)21-8-4-3-5-9-21)32-17-6-16-31-22-12-10-20(11-13-22)18-27(29)30/h3-5,8-15,19H,2,6-7,16-18H2,1H3,(H,29,30). The van der Waals surface area contributed by atoms with Crippen molar-refractivity contribution in [1.29, 1.82) is 0 Å². The van der Waals surface area contributed by atoms with Gasteiger partial charge >= 0.3 is 5.97 Å². The van der Waals surface area contributed by atoms with Gasteiger partial charge in [-0.05, 0) is 41.8 Å². The molecular weight excluding hydrogens is 416 g/mol. The van der Waals surface area contributed by atoms with Gasteiger partial charge in [-0.1, -0.05) is 55.8 Å². The van der Waals surface area contributed by atoms with E-state index in [0.29, 0.717) is 13.2 Å². The molecule has 0 saturated heterocycles. The number of carboxylic acid groups (broad SMARTS) is 1. The number of carboxylic acids is 1. The maximum Gasteiger partial charge on any atom is 0.307 e. The zero-order valence-corrected chi connectivity index (χ0v) is 18.8. The van der Waals surface area contributed by atoms with Crippen molar-refractivity contribution in [2.45, 2.75) is 32.6 Å². The van der Waals surface area contributed by atoms with Gasteiger partial charge in [-0.15, -0.1) is 0 Å². The molecule has 0 atom stereocenters. The van der Waals surface area contributed by atoms with Crippen LogP contribution in [0.5, 0.6) is 11.5 Å². The zero-order valence-electron chi connectivity index (χ0n) is 18.8. The van der Waals surface area contributed by atoms with Crippen LogP contribution >= 0.6 is 0 Å². The fraction of sp³-hybridized carbons (Fsp3) is 0.250. The molecule has 0 amide bonds. The highest BCUT2D eigenvalue weighted by Gasteiger charge is 2.15. The number of aryl methyl sites for hydroxylation is 1. The average molecular weight is 445 g/mol. The van der Waals surface area contributed by atoms with Gasteiger partial charge < -0.3 is 19.0 Å². The molecule has 0 bridgehead atoms. The van der Waals surface area contributed by atoms with Crippen LogP contribution in [-0.4, -0.2) is 24.3 Å². The number of hydrogen-bond donors (Lipinski definition) is 1. The Labute approximate surface area is 193 Å². The predicted octanol–water partition coefficient (Wildman–Crippen LogP) is 6.53. The average Bonchev–Trinajstić information content (AvgIpc) is 3.26. The fourth-order valence-electron chi connectivity index (χ4n) is 3.91. The molecule has 4 aromatic rings. The molecule has 0 radical (unpaired) electrons. The lowest BCUT2D eigenvalue weighted by molar-refractivity contribution is -0.136. The van der Waals surface area contributed by atoms with Crippen molar-refractivity contribution in [1.82, 2.24) is 0 Å². The Bertz CT molecular complexity index is 1190. The van der Waals surface area contributed by atoms with Crippen molar-refractivity contribution in [2.24, 2.45) is 0 Å². The summed E-state index contributed by atoms with van der Waals surface area (Å²) in [6.07, 6.45) is 4.46. The lowest BCUT2D eigenvalue weighted by Gasteiger charge is -2.12. The van der Waals surface area contributed by atoms with Gasteiger partial charge in [-0.3, -0.25) is 4.79 Å². The first-order valence-corrected chi connectivity index (χ1v) is 11.3. The molecule has 170 valence electrons. The first-order valence-electron chi connectivity index (χ1n) is 11.3. The Balaban J connectivity index is 1.37. The van der Waals surface area contributed by atoms with Gasteiger partial charge in [0.1, 0.15) is 17.1 Å². The van der Waals surface area contributed by atoms with Gasteiger partial charge in [0.25, 0.3) is 0 Å². The Morgan fingerprint density at radius 2 is 1.70 bits per heavy atom. The molecule has 0 aliphatic heterocycles. The second-order valence-electron chi connectivity index (χ2n) is 7.95. The highest BCUT2D eigenvalue weighted by Crippen LogP contribution is 2.37. The van der Waals surface area contributed by atoms with Crippen LogP contribution in [0.1, 0.15) is 30.9 Å². The van der Waals surface area contributed by atoms with Gasteiger partial charge in [0.05, 0.1) is 25.9 Å². The van der Waals surface area contributed by atoms with E-state index < -0.39 is 5.97 Å². The number of aliphatic carboxylic acids is 1. The number of furan rings is 1. The summed E-state index contributed by atoms with van der Waals surface area (Å²) >= 11 is 0. The Morgan fingerprint density at radius 1 is 0.939 bits per heavy atom. The highest BCUT2D eigenvalue weighted by atomic mass is 16.5. The maximum absolute atomic E-state index is 10.8. The fourth-order valence-corrected chi connectivity index (χ4v) is 3.91. The van der Waals surface area contributed by atoms with Crippen LogP contribution in [0.15, 0.2) is 77.4 Å². The second-order valence-corrected chi connectivity index (χ2v) is 7.95. The minimum atomic E-state index is -0.840. The number of fused-ring (bicyclic) bond motifs is 1. The van der Waals surface area contributed by atoms with Crippen LogP contribution in [-0.2, 0) is 17.6 Å². The molecule has 0 saturated carbocycles. The summed E-state index contributed by atoms with van der Waals surface area (Å²) in [4.78, 5) is 10.8. The van der Waals surface area contributed by atoms with Crippen molar-refractivity contribution in [3.63, 3.8) is 0 Å². The van der Waals surface area contributed by atoms with Crippen molar-refractivity contribution < 1.29 is 23.8 Å². The van der Waals surface area contributed by atoms with Crippen molar-refractivity contribution in [3.05, 3.63) is 84.1 Å². The van der Waals surface area contributed by atoms with Gasteiger partial charge in [-0.25, -0.2) is 0 Å². The van der Waals surface area contributed by atoms with E-state index in [1.165, 1.54) is 0 Å². The van der Waals surface area contributed by atoms with Gasteiger partial charge in [0.2, 0.25) is 0 Å². The third-order valence-electron chi connectivity index (χ3n) is 5.48. The molecular formula is C28H28O5. The first-order chi connectivity index (χ1) is 16.2. The topological polar surface area (TPSA) is 68.9 Å². The number of ether oxygens (including phenoxy) is 2. The molecule has 0 spiro atoms. The summed E-state index contributed by atoms with van der Waals surface area (Å²) < 4.78 is 17.9. The number of hydrogen-bond acceptors (Lipinski definition) is 4. The van der Waals surface area contributed by atoms with Crippen LogP contribution in [0, 0.1) is 0 Å². The summed E-state index contributed by atoms with van der Waals surface area (Å²) in [7, 11) is 0. The van der Waals surface area contributed by atoms with Crippen molar-refractivity contribution in [3.8, 4) is 22.6 Å². The van der Waals surface area contributed by atoms with Crippen LogP contribution in [0.3, 0.4) is 0 Å². The quantitative estimate of drug-likeness (QED) is 0.266. The zero-order chi connectivity index (χ0) is 23.0. The summed E-state index contributed by atoms with van der Waals surface area (Å²) in [6.45, 7) is 3.20. The molecule has 0 aliphatic carbocycles. The highest BCUT2D eigenvalue weighted by molar-refractivity contribution is 5.96. The predicted molar refractivity (Wildman–Crippen MR) is 129 cm³/mol. The van der Waals surface area contributed by atoms with Crippen LogP contribution in [0.4, 0.5) is 0 Å². The van der Waals surface area contributed by atoms with Crippen LogP contribution in [0.25, 0.3) is 22.1 Å². The van der Waals surface area contributed by atoms with E-state index in [0.717, 1.165) is 64.0 Å². The molecule has 5 heteroatoms. The van der Waals surface area contributed by atoms with Crippen molar-refractivity contribution in [2.75, 3.05) is 13.2 Å². The molecule has 0 unspecified atom stereocenters. The number of rotatable bonds is 11. The van der Waals surface area contributed by atoms with E-state index in [4.69, 9.17) is 19.0 Å². The van der Waals surface area contributed by atoms with Gasteiger partial charge in [0.15, 0.2) is 0 Å². The van der Waals surface area contributed by atoms with E-state index in [1.807, 2.05) is 30.5 Å². The number of benzene rings is 3. The maximum atomic E-state index is 10.8. The van der Waals surface area contributed by atoms with Crippen LogP contribution < -0.4 is 9.47 Å². The summed E-state index contributed by atoms with van der Waals surface area (Å²) in [5.41, 5.74) is 4.99. The first kappa shape index (κ1) is 22.5. The normalized spacial score (nSPS) is 10.9. The minimum Gasteiger partial charge on any atom is -0.493 e. The summed E-state index contributed by atoms with van der Waals surface area (Å²) in [6, 6.07) is 21.5. The molecule has 4 rings (SSSR count). The Hall–Kier alpha value is -3.73. The van der Waals surface area contributed by atoms with E-state index >= 15 is 0 Å². The monoisotopic (exact) mass is 444 g/mol. The van der Waals surface area contributed by atoms with E-state index in [9.17, 15) is 4.79 Å². The molecule has 1 N–H and O–H groups in total. The van der Waals surface area contributed by atoms with E-state index in [1.54, 1.807) is 24.3 Å². The van der Waals surface area contributed by atoms with E-state index in [-0.39, 0.29) is 6.42 Å². The van der Waals surface area contributed by atoms with Crippen molar-refractivity contribution >= 4 is 16.9 Å². The third kappa shape index (κ3) is 5.55. The Morgan fingerprint density at radius 3 is 2.42 bits per heavy atom. The van der Waals surface area contributed by atoms with Gasteiger partial charge in [-0.2, -0.15) is 0 Å². The molecule has 33 heavy (non-hydrogen) atoms. The molecule has 1 heterocycles. The van der Waals surface area contributed by atoms with Crippen LogP contribution in [0.2, 0.25) is 0 Å². The van der Waals surface area contributed by atoms with Gasteiger partial charge in [0, 0.05) is 22.9 Å². The molecule has 0 fully saturated rings.